The molecule has 2 atom stereocenters. The van der Waals surface area contributed by atoms with Crippen LogP contribution in [0.3, 0.4) is 0 Å². The molecule has 1 aliphatic carbocycles. The molecule has 1 aromatic carbocycles. The van der Waals surface area contributed by atoms with Crippen molar-refractivity contribution < 1.29 is 22.3 Å². The van der Waals surface area contributed by atoms with E-state index in [0.29, 0.717) is 6.04 Å². The summed E-state index contributed by atoms with van der Waals surface area (Å²) in [5.41, 5.74) is 0.831. The Labute approximate surface area is 179 Å². The Morgan fingerprint density at radius 2 is 1.87 bits per heavy atom. The Hall–Kier alpha value is -1.09. The topological polar surface area (TPSA) is 33.7 Å². The second-order valence-electron chi connectivity index (χ2n) is 10.2. The molecule has 1 heterocycles. The van der Waals surface area contributed by atoms with Crippen LogP contribution < -0.4 is 10.1 Å². The first-order chi connectivity index (χ1) is 13.8. The number of ether oxygens (including phenoxy) is 1. The zero-order valence-electron chi connectivity index (χ0n) is 18.7. The van der Waals surface area contributed by atoms with Crippen molar-refractivity contribution in [3.8, 4) is 5.75 Å². The predicted octanol–water partition coefficient (Wildman–Crippen LogP) is 5.47. The molecule has 1 saturated heterocycles. The monoisotopic (exact) mass is 444 g/mol. The summed E-state index contributed by atoms with van der Waals surface area (Å²) in [5.74, 6) is -0.164. The molecule has 0 bridgehead atoms. The molecule has 3 rings (SSSR count). The summed E-state index contributed by atoms with van der Waals surface area (Å²) < 4.78 is 48.6. The van der Waals surface area contributed by atoms with Gasteiger partial charge in [-0.15, -0.1) is 13.2 Å². The molecule has 1 aliphatic heterocycles. The van der Waals surface area contributed by atoms with Crippen LogP contribution in [-0.2, 0) is 4.43 Å². The highest BCUT2D eigenvalue weighted by Gasteiger charge is 2.41. The Kier molecular flexibility index (Phi) is 6.92. The van der Waals surface area contributed by atoms with Crippen molar-refractivity contribution in [2.75, 3.05) is 19.6 Å². The fourth-order valence-electron chi connectivity index (χ4n) is 3.63. The summed E-state index contributed by atoms with van der Waals surface area (Å²) in [5, 5.41) is 3.78. The van der Waals surface area contributed by atoms with Crippen LogP contribution in [0.15, 0.2) is 24.3 Å². The SMILES string of the molecule is CC(C)(C)[Si](C)(C)O[C@H]1CCN(C[C@@H](NC2CC2)c2cccc(OC(F)(F)F)c2)C1. The van der Waals surface area contributed by atoms with Crippen molar-refractivity contribution in [3.05, 3.63) is 29.8 Å². The lowest BCUT2D eigenvalue weighted by Gasteiger charge is -2.38. The van der Waals surface area contributed by atoms with Gasteiger partial charge in [0.2, 0.25) is 0 Å². The molecule has 170 valence electrons. The molecule has 0 spiro atoms. The lowest BCUT2D eigenvalue weighted by atomic mass is 10.1. The lowest BCUT2D eigenvalue weighted by molar-refractivity contribution is -0.274. The number of hydrogen-bond acceptors (Lipinski definition) is 4. The molecule has 2 aliphatic rings. The molecular formula is C22H35F3N2O2Si. The van der Waals surface area contributed by atoms with Crippen molar-refractivity contribution in [3.63, 3.8) is 0 Å². The van der Waals surface area contributed by atoms with Crippen LogP contribution in [0.25, 0.3) is 0 Å². The summed E-state index contributed by atoms with van der Waals surface area (Å²) >= 11 is 0. The number of alkyl halides is 3. The molecular weight excluding hydrogens is 409 g/mol. The van der Waals surface area contributed by atoms with Gasteiger partial charge in [0, 0.05) is 31.7 Å². The number of rotatable bonds is 8. The Bertz CT molecular complexity index is 717. The minimum Gasteiger partial charge on any atom is -0.413 e. The van der Waals surface area contributed by atoms with E-state index in [1.165, 1.54) is 12.1 Å². The molecule has 30 heavy (non-hydrogen) atoms. The van der Waals surface area contributed by atoms with Crippen LogP contribution in [0.4, 0.5) is 13.2 Å². The molecule has 1 saturated carbocycles. The third-order valence-electron chi connectivity index (χ3n) is 6.45. The van der Waals surface area contributed by atoms with Crippen molar-refractivity contribution >= 4 is 8.32 Å². The maximum absolute atomic E-state index is 12.6. The fourth-order valence-corrected chi connectivity index (χ4v) is 5.01. The maximum atomic E-state index is 12.6. The normalized spacial score (nSPS) is 22.3. The second-order valence-corrected chi connectivity index (χ2v) is 14.9. The second kappa shape index (κ2) is 8.80. The molecule has 0 unspecified atom stereocenters. The van der Waals surface area contributed by atoms with Gasteiger partial charge in [-0.2, -0.15) is 0 Å². The van der Waals surface area contributed by atoms with Crippen LogP contribution in [0.1, 0.15) is 51.6 Å². The van der Waals surface area contributed by atoms with Gasteiger partial charge in [0.05, 0.1) is 6.10 Å². The highest BCUT2D eigenvalue weighted by Crippen LogP contribution is 2.38. The summed E-state index contributed by atoms with van der Waals surface area (Å²) in [7, 11) is -1.82. The van der Waals surface area contributed by atoms with E-state index in [4.69, 9.17) is 4.43 Å². The van der Waals surface area contributed by atoms with Crippen LogP contribution in [0.2, 0.25) is 18.1 Å². The van der Waals surface area contributed by atoms with E-state index >= 15 is 0 Å². The minimum atomic E-state index is -4.68. The van der Waals surface area contributed by atoms with Crippen molar-refractivity contribution in [1.29, 1.82) is 0 Å². The summed E-state index contributed by atoms with van der Waals surface area (Å²) in [6.45, 7) is 13.9. The quantitative estimate of drug-likeness (QED) is 0.539. The first-order valence-electron chi connectivity index (χ1n) is 10.8. The molecule has 2 fully saturated rings. The minimum absolute atomic E-state index is 0.0269. The van der Waals surface area contributed by atoms with Crippen LogP contribution in [0, 0.1) is 0 Å². The Balaban J connectivity index is 1.64. The van der Waals surface area contributed by atoms with E-state index in [1.54, 1.807) is 6.07 Å². The lowest BCUT2D eigenvalue weighted by Crippen LogP contribution is -2.44. The van der Waals surface area contributed by atoms with Crippen LogP contribution >= 0.6 is 0 Å². The average Bonchev–Trinajstić information content (AvgIpc) is 3.30. The van der Waals surface area contributed by atoms with E-state index in [1.807, 2.05) is 6.07 Å². The van der Waals surface area contributed by atoms with Crippen molar-refractivity contribution in [2.45, 2.75) is 82.7 Å². The van der Waals surface area contributed by atoms with E-state index < -0.39 is 14.7 Å². The van der Waals surface area contributed by atoms with E-state index in [9.17, 15) is 13.2 Å². The van der Waals surface area contributed by atoms with Crippen LogP contribution in [0.5, 0.6) is 5.75 Å². The number of nitrogens with one attached hydrogen (secondary N) is 1. The molecule has 4 nitrogen and oxygen atoms in total. The highest BCUT2D eigenvalue weighted by atomic mass is 28.4. The summed E-state index contributed by atoms with van der Waals surface area (Å²) in [4.78, 5) is 2.37. The maximum Gasteiger partial charge on any atom is 0.573 e. The van der Waals surface area contributed by atoms with Gasteiger partial charge < -0.3 is 14.5 Å². The van der Waals surface area contributed by atoms with Crippen molar-refractivity contribution in [1.82, 2.24) is 10.2 Å². The number of nitrogens with zero attached hydrogens (tertiary/aromatic N) is 1. The number of benzene rings is 1. The molecule has 0 radical (unpaired) electrons. The zero-order chi connectivity index (χ0) is 22.2. The van der Waals surface area contributed by atoms with Gasteiger partial charge in [0.1, 0.15) is 5.75 Å². The molecule has 8 heteroatoms. The molecule has 0 amide bonds. The van der Waals surface area contributed by atoms with E-state index in [2.05, 4.69) is 48.8 Å². The van der Waals surface area contributed by atoms with Gasteiger partial charge in [0.15, 0.2) is 8.32 Å². The fraction of sp³-hybridized carbons (Fsp3) is 0.727. The summed E-state index contributed by atoms with van der Waals surface area (Å²) in [6, 6.07) is 6.79. The zero-order valence-corrected chi connectivity index (χ0v) is 19.7. The Morgan fingerprint density at radius 1 is 1.17 bits per heavy atom. The third kappa shape index (κ3) is 6.70. The number of halogens is 3. The van der Waals surface area contributed by atoms with Gasteiger partial charge in [-0.05, 0) is 55.1 Å². The third-order valence-corrected chi connectivity index (χ3v) is 11.0. The number of hydrogen-bond donors (Lipinski definition) is 1. The van der Waals surface area contributed by atoms with Gasteiger partial charge in [0.25, 0.3) is 0 Å². The smallest absolute Gasteiger partial charge is 0.413 e. The standard InChI is InChI=1S/C22H35F3N2O2Si/c1-21(2,3)30(4,5)29-19-11-12-27(14-19)15-20(26-17-9-10-17)16-7-6-8-18(13-16)28-22(23,24)25/h6-8,13,17,19-20,26H,9-12,14-15H2,1-5H3/t19-,20+/m0/s1. The van der Waals surface area contributed by atoms with E-state index in [0.717, 1.165) is 44.5 Å². The average molecular weight is 445 g/mol. The molecule has 1 N–H and O–H groups in total. The van der Waals surface area contributed by atoms with Crippen LogP contribution in [-0.4, -0.2) is 51.4 Å². The van der Waals surface area contributed by atoms with Gasteiger partial charge in [-0.3, -0.25) is 4.90 Å². The highest BCUT2D eigenvalue weighted by molar-refractivity contribution is 6.74. The van der Waals surface area contributed by atoms with Gasteiger partial charge in [-0.25, -0.2) is 0 Å². The molecule has 0 aromatic heterocycles. The predicted molar refractivity (Wildman–Crippen MR) is 115 cm³/mol. The molecule has 1 aromatic rings. The van der Waals surface area contributed by atoms with Crippen molar-refractivity contribution in [2.24, 2.45) is 0 Å². The van der Waals surface area contributed by atoms with E-state index in [-0.39, 0.29) is 22.9 Å². The van der Waals surface area contributed by atoms with Gasteiger partial charge >= 0.3 is 6.36 Å². The largest absolute Gasteiger partial charge is 0.573 e. The number of likely N-dealkylation sites (tertiary alicyclic amines) is 1. The summed E-state index contributed by atoms with van der Waals surface area (Å²) in [6.07, 6.45) is -1.22. The first kappa shape index (κ1) is 23.6. The van der Waals surface area contributed by atoms with Gasteiger partial charge in [-0.1, -0.05) is 32.9 Å². The first-order valence-corrected chi connectivity index (χ1v) is 13.8. The Morgan fingerprint density at radius 3 is 2.47 bits per heavy atom.